The lowest BCUT2D eigenvalue weighted by atomic mass is 10.3. The minimum atomic E-state index is -0.823. The van der Waals surface area contributed by atoms with Crippen molar-refractivity contribution in [3.8, 4) is 5.75 Å². The van der Waals surface area contributed by atoms with Gasteiger partial charge in [0.1, 0.15) is 12.4 Å². The number of hydrogen-bond donors (Lipinski definition) is 1. The summed E-state index contributed by atoms with van der Waals surface area (Å²) >= 11 is 7.16. The van der Waals surface area contributed by atoms with Crippen LogP contribution in [0.2, 0.25) is 5.02 Å². The van der Waals surface area contributed by atoms with Crippen LogP contribution >= 0.6 is 23.4 Å². The van der Waals surface area contributed by atoms with E-state index >= 15 is 0 Å². The van der Waals surface area contributed by atoms with Gasteiger partial charge in [-0.1, -0.05) is 23.4 Å². The smallest absolute Gasteiger partial charge is 0.304 e. The van der Waals surface area contributed by atoms with Crippen molar-refractivity contribution in [2.75, 3.05) is 5.75 Å². The lowest BCUT2D eigenvalue weighted by Crippen LogP contribution is -2.04. The highest BCUT2D eigenvalue weighted by atomic mass is 35.5. The Morgan fingerprint density at radius 3 is 2.76 bits per heavy atom. The summed E-state index contributed by atoms with van der Waals surface area (Å²) in [6, 6.07) is 7.06. The lowest BCUT2D eigenvalue weighted by Gasteiger charge is -2.06. The Morgan fingerprint density at radius 2 is 2.10 bits per heavy atom. The fourth-order valence-corrected chi connectivity index (χ4v) is 2.49. The predicted molar refractivity (Wildman–Crippen MR) is 79.8 cm³/mol. The van der Waals surface area contributed by atoms with Gasteiger partial charge in [0.2, 0.25) is 0 Å². The molecule has 0 saturated carbocycles. The Bertz CT molecular complexity index is 616. The second-order valence-electron chi connectivity index (χ2n) is 4.19. The van der Waals surface area contributed by atoms with Gasteiger partial charge in [-0.25, -0.2) is 0 Å². The van der Waals surface area contributed by atoms with Crippen LogP contribution in [0, 0.1) is 0 Å². The third-order valence-corrected chi connectivity index (χ3v) is 3.93. The van der Waals surface area contributed by atoms with Crippen LogP contribution in [0.25, 0.3) is 0 Å². The van der Waals surface area contributed by atoms with Crippen molar-refractivity contribution < 1.29 is 14.6 Å². The molecule has 1 heterocycles. The van der Waals surface area contributed by atoms with E-state index in [2.05, 4.69) is 10.2 Å². The summed E-state index contributed by atoms with van der Waals surface area (Å²) in [7, 11) is 1.82. The molecule has 21 heavy (non-hydrogen) atoms. The molecule has 0 atom stereocenters. The molecule has 0 saturated heterocycles. The van der Waals surface area contributed by atoms with Crippen molar-refractivity contribution in [3.63, 3.8) is 0 Å². The van der Waals surface area contributed by atoms with Crippen molar-refractivity contribution in [2.24, 2.45) is 7.05 Å². The number of nitrogens with zero attached hydrogens (tertiary/aromatic N) is 3. The second kappa shape index (κ2) is 7.33. The number of hydrogen-bond acceptors (Lipinski definition) is 5. The van der Waals surface area contributed by atoms with Crippen molar-refractivity contribution in [1.29, 1.82) is 0 Å². The van der Waals surface area contributed by atoms with E-state index in [9.17, 15) is 4.79 Å². The van der Waals surface area contributed by atoms with Crippen LogP contribution in [0.1, 0.15) is 12.2 Å². The largest absolute Gasteiger partial charge is 0.486 e. The van der Waals surface area contributed by atoms with Crippen LogP contribution < -0.4 is 4.74 Å². The first-order chi connectivity index (χ1) is 10.1. The van der Waals surface area contributed by atoms with E-state index in [-0.39, 0.29) is 13.0 Å². The molecule has 0 spiro atoms. The summed E-state index contributed by atoms with van der Waals surface area (Å²) in [6.07, 6.45) is 0.0914. The van der Waals surface area contributed by atoms with Gasteiger partial charge in [-0.15, -0.1) is 10.2 Å². The van der Waals surface area contributed by atoms with Crippen molar-refractivity contribution >= 4 is 29.3 Å². The van der Waals surface area contributed by atoms with E-state index in [0.29, 0.717) is 27.5 Å². The summed E-state index contributed by atoms with van der Waals surface area (Å²) in [5.41, 5.74) is 0. The van der Waals surface area contributed by atoms with E-state index in [0.717, 1.165) is 0 Å². The predicted octanol–water partition coefficient (Wildman–Crippen LogP) is 2.61. The molecule has 8 heteroatoms. The number of rotatable bonds is 7. The molecule has 112 valence electrons. The van der Waals surface area contributed by atoms with Gasteiger partial charge in [-0.3, -0.25) is 4.79 Å². The van der Waals surface area contributed by atoms with E-state index in [1.807, 2.05) is 7.05 Å². The molecular formula is C13H14ClN3O3S. The molecule has 1 aromatic carbocycles. The number of aliphatic carboxylic acids is 1. The normalized spacial score (nSPS) is 10.6. The van der Waals surface area contributed by atoms with Crippen molar-refractivity contribution in [2.45, 2.75) is 18.2 Å². The van der Waals surface area contributed by atoms with Crippen LogP contribution in [0.3, 0.4) is 0 Å². The average molecular weight is 328 g/mol. The molecule has 2 aromatic rings. The Kier molecular flexibility index (Phi) is 5.46. The van der Waals surface area contributed by atoms with Gasteiger partial charge in [0, 0.05) is 17.8 Å². The molecule has 6 nitrogen and oxygen atoms in total. The first-order valence-electron chi connectivity index (χ1n) is 6.17. The first-order valence-corrected chi connectivity index (χ1v) is 7.54. The summed E-state index contributed by atoms with van der Waals surface area (Å²) in [4.78, 5) is 10.5. The molecule has 0 aliphatic carbocycles. The maximum Gasteiger partial charge on any atom is 0.304 e. The molecule has 0 aliphatic rings. The van der Waals surface area contributed by atoms with Crippen LogP contribution in [-0.2, 0) is 18.4 Å². The molecular weight excluding hydrogens is 314 g/mol. The number of carbonyl (C=O) groups is 1. The third kappa shape index (κ3) is 4.64. The van der Waals surface area contributed by atoms with Crippen LogP contribution in [-0.4, -0.2) is 31.6 Å². The number of halogens is 1. The van der Waals surface area contributed by atoms with E-state index in [1.165, 1.54) is 11.8 Å². The molecule has 0 aliphatic heterocycles. The molecule has 0 bridgehead atoms. The van der Waals surface area contributed by atoms with Gasteiger partial charge in [-0.2, -0.15) is 0 Å². The lowest BCUT2D eigenvalue weighted by molar-refractivity contribution is -0.136. The zero-order chi connectivity index (χ0) is 15.2. The Hall–Kier alpha value is -1.73. The Labute approximate surface area is 131 Å². The number of ether oxygens (including phenoxy) is 1. The number of benzene rings is 1. The maximum absolute atomic E-state index is 10.5. The first kappa shape index (κ1) is 15.7. The summed E-state index contributed by atoms with van der Waals surface area (Å²) in [5.74, 6) is 1.00. The Balaban J connectivity index is 1.90. The van der Waals surface area contributed by atoms with Gasteiger partial charge < -0.3 is 14.4 Å². The van der Waals surface area contributed by atoms with E-state index in [4.69, 9.17) is 21.4 Å². The minimum Gasteiger partial charge on any atom is -0.486 e. The van der Waals surface area contributed by atoms with Gasteiger partial charge in [-0.05, 0) is 24.3 Å². The van der Waals surface area contributed by atoms with Gasteiger partial charge in [0.15, 0.2) is 11.0 Å². The van der Waals surface area contributed by atoms with Crippen LogP contribution in [0.15, 0.2) is 29.4 Å². The highest BCUT2D eigenvalue weighted by Crippen LogP contribution is 2.19. The van der Waals surface area contributed by atoms with Crippen LogP contribution in [0.5, 0.6) is 5.75 Å². The fourth-order valence-electron chi connectivity index (χ4n) is 1.50. The van der Waals surface area contributed by atoms with E-state index < -0.39 is 5.97 Å². The third-order valence-electron chi connectivity index (χ3n) is 2.65. The maximum atomic E-state index is 10.5. The summed E-state index contributed by atoms with van der Waals surface area (Å²) in [5, 5.41) is 18.0. The molecule has 0 amide bonds. The molecule has 0 radical (unpaired) electrons. The minimum absolute atomic E-state index is 0.0914. The molecule has 1 N–H and O–H groups in total. The number of carboxylic acid groups (broad SMARTS) is 1. The molecule has 0 fully saturated rings. The SMILES string of the molecule is Cn1c(COc2ccc(Cl)cc2)nnc1SCCC(=O)O. The van der Waals surface area contributed by atoms with Gasteiger partial charge in [0.05, 0.1) is 6.42 Å². The van der Waals surface area contributed by atoms with E-state index in [1.54, 1.807) is 28.8 Å². The standard InChI is InChI=1S/C13H14ClN3O3S/c1-17-11(8-20-10-4-2-9(14)3-5-10)15-16-13(17)21-7-6-12(18)19/h2-5H,6-8H2,1H3,(H,18,19). The fraction of sp³-hybridized carbons (Fsp3) is 0.308. The number of aromatic nitrogens is 3. The number of thioether (sulfide) groups is 1. The number of carboxylic acids is 1. The van der Waals surface area contributed by atoms with Crippen molar-refractivity contribution in [3.05, 3.63) is 35.1 Å². The molecule has 2 rings (SSSR count). The van der Waals surface area contributed by atoms with Crippen molar-refractivity contribution in [1.82, 2.24) is 14.8 Å². The highest BCUT2D eigenvalue weighted by molar-refractivity contribution is 7.99. The summed E-state index contributed by atoms with van der Waals surface area (Å²) < 4.78 is 7.39. The second-order valence-corrected chi connectivity index (χ2v) is 5.69. The quantitative estimate of drug-likeness (QED) is 0.788. The van der Waals surface area contributed by atoms with Gasteiger partial charge in [0.25, 0.3) is 0 Å². The summed E-state index contributed by atoms with van der Waals surface area (Å²) in [6.45, 7) is 0.282. The topological polar surface area (TPSA) is 77.2 Å². The zero-order valence-corrected chi connectivity index (χ0v) is 12.9. The highest BCUT2D eigenvalue weighted by Gasteiger charge is 2.10. The zero-order valence-electron chi connectivity index (χ0n) is 11.3. The van der Waals surface area contributed by atoms with Crippen LogP contribution in [0.4, 0.5) is 0 Å². The average Bonchev–Trinajstić information content (AvgIpc) is 2.79. The molecule has 1 aromatic heterocycles. The Morgan fingerprint density at radius 1 is 1.38 bits per heavy atom. The van der Waals surface area contributed by atoms with Gasteiger partial charge >= 0.3 is 5.97 Å². The molecule has 0 unspecified atom stereocenters. The monoisotopic (exact) mass is 327 g/mol.